The summed E-state index contributed by atoms with van der Waals surface area (Å²) in [6.07, 6.45) is 6.03. The van der Waals surface area contributed by atoms with Gasteiger partial charge in [-0.25, -0.2) is 4.39 Å². The summed E-state index contributed by atoms with van der Waals surface area (Å²) in [5, 5.41) is 7.55. The van der Waals surface area contributed by atoms with Crippen LogP contribution in [-0.4, -0.2) is 0 Å². The molecule has 1 aliphatic heterocycles. The largest absolute Gasteiger partial charge is 0.377 e. The van der Waals surface area contributed by atoms with Gasteiger partial charge in [0.2, 0.25) is 0 Å². The van der Waals surface area contributed by atoms with E-state index in [4.69, 9.17) is 11.6 Å². The van der Waals surface area contributed by atoms with Crippen molar-refractivity contribution in [1.29, 1.82) is 0 Å². The Bertz CT molecular complexity index is 979. The van der Waals surface area contributed by atoms with Crippen LogP contribution < -0.4 is 10.6 Å². The summed E-state index contributed by atoms with van der Waals surface area (Å²) in [6, 6.07) is 7.82. The van der Waals surface area contributed by atoms with E-state index in [0.29, 0.717) is 23.2 Å². The van der Waals surface area contributed by atoms with Crippen molar-refractivity contribution in [3.8, 4) is 0 Å². The van der Waals surface area contributed by atoms with E-state index in [0.717, 1.165) is 34.7 Å². The number of anilines is 2. The first-order valence-corrected chi connectivity index (χ1v) is 10.3. The third-order valence-electron chi connectivity index (χ3n) is 6.10. The lowest BCUT2D eigenvalue weighted by Gasteiger charge is -2.38. The van der Waals surface area contributed by atoms with Gasteiger partial charge in [-0.1, -0.05) is 38.1 Å². The van der Waals surface area contributed by atoms with Gasteiger partial charge in [0.15, 0.2) is 0 Å². The molecular formula is C24H26ClFN2. The predicted octanol–water partition coefficient (Wildman–Crippen LogP) is 7.43. The Morgan fingerprint density at radius 1 is 1.25 bits per heavy atom. The van der Waals surface area contributed by atoms with Crippen LogP contribution in [0.3, 0.4) is 0 Å². The quantitative estimate of drug-likeness (QED) is 0.563. The molecule has 2 aromatic carbocycles. The molecule has 2 unspecified atom stereocenters. The Hall–Kier alpha value is -2.26. The average Bonchev–Trinajstić information content (AvgIpc) is 2.67. The van der Waals surface area contributed by atoms with Crippen LogP contribution in [0.2, 0.25) is 5.02 Å². The Morgan fingerprint density at radius 3 is 2.79 bits per heavy atom. The molecule has 1 heterocycles. The van der Waals surface area contributed by atoms with E-state index < -0.39 is 0 Å². The number of hydrogen-bond acceptors (Lipinski definition) is 2. The Kier molecular flexibility index (Phi) is 4.96. The van der Waals surface area contributed by atoms with Crippen LogP contribution in [0.4, 0.5) is 15.8 Å². The summed E-state index contributed by atoms with van der Waals surface area (Å²) in [5.74, 6) is 0.714. The number of rotatable bonds is 3. The van der Waals surface area contributed by atoms with Gasteiger partial charge in [-0.05, 0) is 78.6 Å². The molecule has 4 heteroatoms. The number of nitrogens with one attached hydrogen (secondary N) is 2. The van der Waals surface area contributed by atoms with Gasteiger partial charge in [0.05, 0.1) is 11.7 Å². The van der Waals surface area contributed by atoms with Crippen molar-refractivity contribution < 1.29 is 4.39 Å². The monoisotopic (exact) mass is 396 g/mol. The second-order valence-electron chi connectivity index (χ2n) is 8.04. The number of halogens is 2. The van der Waals surface area contributed by atoms with Gasteiger partial charge in [0.1, 0.15) is 5.82 Å². The summed E-state index contributed by atoms with van der Waals surface area (Å²) >= 11 is 6.50. The van der Waals surface area contributed by atoms with E-state index in [-0.39, 0.29) is 11.9 Å². The van der Waals surface area contributed by atoms with E-state index in [1.165, 1.54) is 17.2 Å². The van der Waals surface area contributed by atoms with Gasteiger partial charge < -0.3 is 10.6 Å². The SMILES string of the molecule is C=C1C=Cc2c(NC3c4cc(Cl)c(C)cc4[C@H](CC)CC3C)ccc(F)c2N1. The van der Waals surface area contributed by atoms with Crippen molar-refractivity contribution in [3.63, 3.8) is 0 Å². The molecule has 2 nitrogen and oxygen atoms in total. The molecule has 2 aliphatic rings. The summed E-state index contributed by atoms with van der Waals surface area (Å²) in [4.78, 5) is 0. The normalized spacial score (nSPS) is 23.0. The lowest BCUT2D eigenvalue weighted by Crippen LogP contribution is -2.28. The van der Waals surface area contributed by atoms with Gasteiger partial charge in [-0.2, -0.15) is 0 Å². The molecule has 0 fully saturated rings. The zero-order valence-corrected chi connectivity index (χ0v) is 17.3. The van der Waals surface area contributed by atoms with E-state index in [9.17, 15) is 4.39 Å². The summed E-state index contributed by atoms with van der Waals surface area (Å²) in [5.41, 5.74) is 6.69. The predicted molar refractivity (Wildman–Crippen MR) is 118 cm³/mol. The molecule has 0 aromatic heterocycles. The molecule has 28 heavy (non-hydrogen) atoms. The lowest BCUT2D eigenvalue weighted by molar-refractivity contribution is 0.377. The maximum Gasteiger partial charge on any atom is 0.147 e. The zero-order valence-electron chi connectivity index (χ0n) is 16.6. The number of fused-ring (bicyclic) bond motifs is 2. The standard InChI is InChI=1S/C24H26ClFN2/c1-5-16-10-14(3)23(19-12-20(25)13(2)11-18(16)19)28-22-9-8-21(26)24-17(22)7-6-15(4)27-24/h6-9,11-12,14,16,23,27-28H,4-5,10H2,1-3H3/t14?,16-,23?/m1/s1. The molecule has 0 amide bonds. The van der Waals surface area contributed by atoms with Crippen LogP contribution in [0, 0.1) is 18.7 Å². The average molecular weight is 397 g/mol. The second-order valence-corrected chi connectivity index (χ2v) is 8.44. The number of hydrogen-bond donors (Lipinski definition) is 2. The molecule has 2 aromatic rings. The minimum Gasteiger partial charge on any atom is -0.377 e. The third kappa shape index (κ3) is 3.22. The summed E-state index contributed by atoms with van der Waals surface area (Å²) in [6.45, 7) is 10.5. The van der Waals surface area contributed by atoms with Crippen LogP contribution in [-0.2, 0) is 0 Å². The van der Waals surface area contributed by atoms with Crippen molar-refractivity contribution in [2.75, 3.05) is 10.6 Å². The Morgan fingerprint density at radius 2 is 2.04 bits per heavy atom. The second kappa shape index (κ2) is 7.29. The summed E-state index contributed by atoms with van der Waals surface area (Å²) in [7, 11) is 0. The molecule has 0 saturated carbocycles. The van der Waals surface area contributed by atoms with E-state index in [1.807, 2.05) is 18.2 Å². The lowest BCUT2D eigenvalue weighted by atomic mass is 9.73. The smallest absolute Gasteiger partial charge is 0.147 e. The van der Waals surface area contributed by atoms with Crippen molar-refractivity contribution in [2.24, 2.45) is 5.92 Å². The highest BCUT2D eigenvalue weighted by molar-refractivity contribution is 6.31. The first kappa shape index (κ1) is 19.1. The van der Waals surface area contributed by atoms with E-state index >= 15 is 0 Å². The van der Waals surface area contributed by atoms with Gasteiger partial charge in [0, 0.05) is 22.0 Å². The first-order valence-electron chi connectivity index (χ1n) is 9.92. The molecule has 4 rings (SSSR count). The first-order chi connectivity index (χ1) is 13.4. The number of allylic oxidation sites excluding steroid dienone is 1. The van der Waals surface area contributed by atoms with E-state index in [2.05, 4.69) is 50.1 Å². The van der Waals surface area contributed by atoms with Crippen LogP contribution in [0.1, 0.15) is 60.9 Å². The topological polar surface area (TPSA) is 24.1 Å². The number of aryl methyl sites for hydroxylation is 1. The molecule has 0 radical (unpaired) electrons. The fourth-order valence-corrected chi connectivity index (χ4v) is 4.71. The minimum absolute atomic E-state index is 0.129. The van der Waals surface area contributed by atoms with Gasteiger partial charge in [-0.3, -0.25) is 0 Å². The maximum absolute atomic E-state index is 14.3. The van der Waals surface area contributed by atoms with Crippen LogP contribution >= 0.6 is 11.6 Å². The van der Waals surface area contributed by atoms with Crippen LogP contribution in [0.5, 0.6) is 0 Å². The molecule has 0 bridgehead atoms. The molecule has 0 spiro atoms. The molecule has 1 aliphatic carbocycles. The zero-order chi connectivity index (χ0) is 20.0. The third-order valence-corrected chi connectivity index (χ3v) is 6.51. The highest BCUT2D eigenvalue weighted by atomic mass is 35.5. The van der Waals surface area contributed by atoms with Crippen molar-refractivity contribution in [3.05, 3.63) is 75.7 Å². The number of benzene rings is 2. The molecular weight excluding hydrogens is 371 g/mol. The molecule has 2 N–H and O–H groups in total. The molecule has 3 atom stereocenters. The molecule has 146 valence electrons. The minimum atomic E-state index is -0.271. The highest BCUT2D eigenvalue weighted by Gasteiger charge is 2.33. The van der Waals surface area contributed by atoms with E-state index in [1.54, 1.807) is 0 Å². The molecule has 0 saturated heterocycles. The fourth-order valence-electron chi connectivity index (χ4n) is 4.54. The van der Waals surface area contributed by atoms with Gasteiger partial charge in [0.25, 0.3) is 0 Å². The van der Waals surface area contributed by atoms with Crippen LogP contribution in [0.15, 0.2) is 42.6 Å². The fraction of sp³-hybridized carbons (Fsp3) is 0.333. The van der Waals surface area contributed by atoms with Crippen molar-refractivity contribution in [1.82, 2.24) is 0 Å². The van der Waals surface area contributed by atoms with Gasteiger partial charge >= 0.3 is 0 Å². The van der Waals surface area contributed by atoms with Crippen LogP contribution in [0.25, 0.3) is 6.08 Å². The summed E-state index contributed by atoms with van der Waals surface area (Å²) < 4.78 is 14.3. The van der Waals surface area contributed by atoms with Crippen molar-refractivity contribution in [2.45, 2.75) is 45.6 Å². The van der Waals surface area contributed by atoms with Crippen molar-refractivity contribution >= 4 is 29.1 Å². The Balaban J connectivity index is 1.78. The Labute approximate surface area is 171 Å². The maximum atomic E-state index is 14.3. The van der Waals surface area contributed by atoms with Gasteiger partial charge in [-0.15, -0.1) is 0 Å². The highest BCUT2D eigenvalue weighted by Crippen LogP contribution is 2.46.